The average Bonchev–Trinajstić information content (AvgIpc) is 2.95. The van der Waals surface area contributed by atoms with Gasteiger partial charge in [-0.1, -0.05) is 13.8 Å². The highest BCUT2D eigenvalue weighted by atomic mass is 16.5. The van der Waals surface area contributed by atoms with Gasteiger partial charge in [0.2, 0.25) is 11.9 Å². The molecule has 1 unspecified atom stereocenters. The largest absolute Gasteiger partial charge is 0.464 e. The zero-order valence-electron chi connectivity index (χ0n) is 11.4. The van der Waals surface area contributed by atoms with E-state index in [1.54, 1.807) is 7.05 Å². The molecule has 2 rings (SSSR count). The Morgan fingerprint density at radius 3 is 2.50 bits per heavy atom. The van der Waals surface area contributed by atoms with E-state index in [2.05, 4.69) is 39.4 Å². The highest BCUT2D eigenvalue weighted by Crippen LogP contribution is 2.51. The van der Waals surface area contributed by atoms with Gasteiger partial charge in [-0.3, -0.25) is 0 Å². The number of rotatable bonds is 6. The summed E-state index contributed by atoms with van der Waals surface area (Å²) < 4.78 is 5.31. The van der Waals surface area contributed by atoms with Crippen LogP contribution in [0, 0.1) is 11.3 Å². The molecule has 1 fully saturated rings. The van der Waals surface area contributed by atoms with Gasteiger partial charge < -0.3 is 15.4 Å². The molecule has 0 spiro atoms. The van der Waals surface area contributed by atoms with Crippen molar-refractivity contribution < 1.29 is 4.74 Å². The number of anilines is 2. The van der Waals surface area contributed by atoms with Crippen LogP contribution >= 0.6 is 0 Å². The molecule has 0 amide bonds. The molecule has 0 aromatic carbocycles. The summed E-state index contributed by atoms with van der Waals surface area (Å²) in [5.41, 5.74) is 0.453. The molecule has 6 nitrogen and oxygen atoms in total. The molecule has 0 aliphatic heterocycles. The van der Waals surface area contributed by atoms with Gasteiger partial charge in [-0.05, 0) is 24.7 Å². The van der Waals surface area contributed by atoms with E-state index in [-0.39, 0.29) is 0 Å². The summed E-state index contributed by atoms with van der Waals surface area (Å²) in [6, 6.07) is 0.356. The zero-order chi connectivity index (χ0) is 13.2. The van der Waals surface area contributed by atoms with Gasteiger partial charge in [0.05, 0.1) is 6.61 Å². The SMILES string of the molecule is CCOc1nc(NC)nc(NCC2CC2(C)C)n1. The monoisotopic (exact) mass is 251 g/mol. The van der Waals surface area contributed by atoms with E-state index in [1.807, 2.05) is 6.92 Å². The maximum absolute atomic E-state index is 5.31. The molecule has 6 heteroatoms. The molecule has 1 heterocycles. The van der Waals surface area contributed by atoms with E-state index in [0.29, 0.717) is 35.8 Å². The Morgan fingerprint density at radius 2 is 1.94 bits per heavy atom. The topological polar surface area (TPSA) is 72.0 Å². The highest BCUT2D eigenvalue weighted by Gasteiger charge is 2.45. The van der Waals surface area contributed by atoms with Gasteiger partial charge in [-0.15, -0.1) is 0 Å². The minimum atomic E-state index is 0.356. The lowest BCUT2D eigenvalue weighted by Gasteiger charge is -2.09. The first kappa shape index (κ1) is 12.9. The molecule has 0 bridgehead atoms. The molecule has 1 saturated carbocycles. The molecule has 1 atom stereocenters. The van der Waals surface area contributed by atoms with Gasteiger partial charge in [0.15, 0.2) is 0 Å². The van der Waals surface area contributed by atoms with Crippen molar-refractivity contribution >= 4 is 11.9 Å². The first-order valence-electron chi connectivity index (χ1n) is 6.35. The molecule has 100 valence electrons. The average molecular weight is 251 g/mol. The number of hydrogen-bond donors (Lipinski definition) is 2. The van der Waals surface area contributed by atoms with Crippen molar-refractivity contribution in [2.75, 3.05) is 30.8 Å². The summed E-state index contributed by atoms with van der Waals surface area (Å²) >= 11 is 0. The zero-order valence-corrected chi connectivity index (χ0v) is 11.4. The van der Waals surface area contributed by atoms with Gasteiger partial charge in [0.1, 0.15) is 0 Å². The Labute approximate surface area is 108 Å². The Kier molecular flexibility index (Phi) is 3.54. The van der Waals surface area contributed by atoms with Gasteiger partial charge in [0.25, 0.3) is 0 Å². The lowest BCUT2D eigenvalue weighted by atomic mass is 10.1. The summed E-state index contributed by atoms with van der Waals surface area (Å²) in [4.78, 5) is 12.6. The number of nitrogens with one attached hydrogen (secondary N) is 2. The van der Waals surface area contributed by atoms with Crippen molar-refractivity contribution in [2.45, 2.75) is 27.2 Å². The molecule has 1 aromatic heterocycles. The molecule has 1 aliphatic rings. The third kappa shape index (κ3) is 3.00. The standard InChI is InChI=1S/C12H21N5O/c1-5-18-11-16-9(13-4)15-10(17-11)14-7-8-6-12(8,2)3/h8H,5-7H2,1-4H3,(H2,13,14,15,16,17). The summed E-state index contributed by atoms with van der Waals surface area (Å²) in [7, 11) is 1.78. The van der Waals surface area contributed by atoms with Crippen LogP contribution in [0.5, 0.6) is 6.01 Å². The van der Waals surface area contributed by atoms with E-state index in [1.165, 1.54) is 6.42 Å². The first-order valence-corrected chi connectivity index (χ1v) is 6.35. The van der Waals surface area contributed by atoms with Crippen molar-refractivity contribution in [1.29, 1.82) is 0 Å². The van der Waals surface area contributed by atoms with E-state index in [9.17, 15) is 0 Å². The third-order valence-corrected chi connectivity index (χ3v) is 3.34. The minimum Gasteiger partial charge on any atom is -0.464 e. The van der Waals surface area contributed by atoms with Crippen molar-refractivity contribution in [3.05, 3.63) is 0 Å². The third-order valence-electron chi connectivity index (χ3n) is 3.34. The normalized spacial score (nSPS) is 20.3. The lowest BCUT2D eigenvalue weighted by molar-refractivity contribution is 0.312. The van der Waals surface area contributed by atoms with Crippen LogP contribution in [-0.4, -0.2) is 35.2 Å². The lowest BCUT2D eigenvalue weighted by Crippen LogP contribution is -2.12. The van der Waals surface area contributed by atoms with Crippen LogP contribution in [0.3, 0.4) is 0 Å². The Hall–Kier alpha value is -1.59. The Bertz CT molecular complexity index is 421. The Balaban J connectivity index is 2.00. The second-order valence-corrected chi connectivity index (χ2v) is 5.22. The molecule has 18 heavy (non-hydrogen) atoms. The molecule has 0 radical (unpaired) electrons. The maximum Gasteiger partial charge on any atom is 0.323 e. The van der Waals surface area contributed by atoms with Crippen LogP contribution in [0.1, 0.15) is 27.2 Å². The second kappa shape index (κ2) is 4.96. The molecule has 0 saturated heterocycles. The summed E-state index contributed by atoms with van der Waals surface area (Å²) in [6.07, 6.45) is 1.25. The number of hydrogen-bond acceptors (Lipinski definition) is 6. The highest BCUT2D eigenvalue weighted by molar-refractivity contribution is 5.35. The Morgan fingerprint density at radius 1 is 1.28 bits per heavy atom. The van der Waals surface area contributed by atoms with E-state index in [0.717, 1.165) is 6.54 Å². The fourth-order valence-corrected chi connectivity index (χ4v) is 1.88. The number of ether oxygens (including phenoxy) is 1. The van der Waals surface area contributed by atoms with Crippen molar-refractivity contribution in [3.63, 3.8) is 0 Å². The van der Waals surface area contributed by atoms with E-state index < -0.39 is 0 Å². The first-order chi connectivity index (χ1) is 8.55. The fraction of sp³-hybridized carbons (Fsp3) is 0.750. The predicted molar refractivity (Wildman–Crippen MR) is 70.9 cm³/mol. The van der Waals surface area contributed by atoms with Crippen LogP contribution in [0.25, 0.3) is 0 Å². The van der Waals surface area contributed by atoms with Gasteiger partial charge >= 0.3 is 6.01 Å². The van der Waals surface area contributed by atoms with Crippen molar-refractivity contribution in [3.8, 4) is 6.01 Å². The smallest absolute Gasteiger partial charge is 0.323 e. The second-order valence-electron chi connectivity index (χ2n) is 5.22. The van der Waals surface area contributed by atoms with Gasteiger partial charge in [-0.25, -0.2) is 0 Å². The molecule has 1 aromatic rings. The van der Waals surface area contributed by atoms with Crippen LogP contribution < -0.4 is 15.4 Å². The van der Waals surface area contributed by atoms with Crippen LogP contribution in [0.2, 0.25) is 0 Å². The predicted octanol–water partition coefficient (Wildman–Crippen LogP) is 1.77. The molecular weight excluding hydrogens is 230 g/mol. The van der Waals surface area contributed by atoms with Crippen LogP contribution in [-0.2, 0) is 0 Å². The van der Waals surface area contributed by atoms with Crippen molar-refractivity contribution in [1.82, 2.24) is 15.0 Å². The minimum absolute atomic E-state index is 0.356. The number of aromatic nitrogens is 3. The molecule has 1 aliphatic carbocycles. The fourth-order valence-electron chi connectivity index (χ4n) is 1.88. The quantitative estimate of drug-likeness (QED) is 0.803. The maximum atomic E-state index is 5.31. The molecule has 2 N–H and O–H groups in total. The van der Waals surface area contributed by atoms with Gasteiger partial charge in [0, 0.05) is 13.6 Å². The van der Waals surface area contributed by atoms with E-state index in [4.69, 9.17) is 4.74 Å². The van der Waals surface area contributed by atoms with E-state index >= 15 is 0 Å². The summed E-state index contributed by atoms with van der Waals surface area (Å²) in [5, 5.41) is 6.16. The van der Waals surface area contributed by atoms with Crippen molar-refractivity contribution in [2.24, 2.45) is 11.3 Å². The van der Waals surface area contributed by atoms with Crippen LogP contribution in [0.15, 0.2) is 0 Å². The van der Waals surface area contributed by atoms with Gasteiger partial charge in [-0.2, -0.15) is 15.0 Å². The molecular formula is C12H21N5O. The summed E-state index contributed by atoms with van der Waals surface area (Å²) in [6.45, 7) is 7.89. The number of nitrogens with zero attached hydrogens (tertiary/aromatic N) is 3. The summed E-state index contributed by atoms with van der Waals surface area (Å²) in [5.74, 6) is 1.79. The van der Waals surface area contributed by atoms with Crippen LogP contribution in [0.4, 0.5) is 11.9 Å².